The molecule has 2 aromatic heterocycles. The summed E-state index contributed by atoms with van der Waals surface area (Å²) in [5.41, 5.74) is 0.180. The number of rotatable bonds is 6. The fraction of sp³-hybridized carbons (Fsp3) is 0.0417. The maximum Gasteiger partial charge on any atom is 0.274 e. The van der Waals surface area contributed by atoms with Crippen molar-refractivity contribution >= 4 is 26.9 Å². The molecule has 0 saturated carbocycles. The first-order valence-corrected chi connectivity index (χ1v) is 11.8. The van der Waals surface area contributed by atoms with Gasteiger partial charge in [-0.25, -0.2) is 22.2 Å². The van der Waals surface area contributed by atoms with Gasteiger partial charge in [-0.2, -0.15) is 0 Å². The third-order valence-electron chi connectivity index (χ3n) is 5.35. The average Bonchev–Trinajstić information content (AvgIpc) is 3.36. The second-order valence-electron chi connectivity index (χ2n) is 7.59. The normalized spacial score (nSPS) is 11.5. The van der Waals surface area contributed by atoms with Crippen LogP contribution in [0.15, 0.2) is 87.3 Å². The van der Waals surface area contributed by atoms with Crippen molar-refractivity contribution in [2.24, 2.45) is 0 Å². The number of halogens is 2. The summed E-state index contributed by atoms with van der Waals surface area (Å²) in [6, 6.07) is 13.1. The first-order valence-electron chi connectivity index (χ1n) is 10.4. The number of fused-ring (bicyclic) bond motifs is 1. The molecule has 0 saturated heterocycles. The standard InChI is InChI=1S/C24H16F2N4O5S/c1-34-22-11-17(14-3-2-4-15(25)9-14)18(26)12-21(22)30-20-6-5-16(10-19(20)27-13-24(30)31)36(32,33)29-23-7-8-35-28-23/h2-13H,1H3,(H,28,29). The fourth-order valence-corrected chi connectivity index (χ4v) is 4.75. The van der Waals surface area contributed by atoms with Crippen molar-refractivity contribution < 1.29 is 26.5 Å². The van der Waals surface area contributed by atoms with Crippen LogP contribution in [0, 0.1) is 11.6 Å². The highest BCUT2D eigenvalue weighted by molar-refractivity contribution is 7.92. The minimum Gasteiger partial charge on any atom is -0.495 e. The number of hydrogen-bond acceptors (Lipinski definition) is 7. The number of benzene rings is 3. The first kappa shape index (κ1) is 23.2. The van der Waals surface area contributed by atoms with Crippen molar-refractivity contribution in [2.45, 2.75) is 4.90 Å². The van der Waals surface area contributed by atoms with Crippen molar-refractivity contribution in [1.29, 1.82) is 0 Å². The second kappa shape index (κ2) is 8.89. The van der Waals surface area contributed by atoms with Crippen LogP contribution in [-0.2, 0) is 10.0 Å². The van der Waals surface area contributed by atoms with E-state index in [9.17, 15) is 17.6 Å². The summed E-state index contributed by atoms with van der Waals surface area (Å²) >= 11 is 0. The third-order valence-corrected chi connectivity index (χ3v) is 6.71. The molecule has 12 heteroatoms. The van der Waals surface area contributed by atoms with Gasteiger partial charge in [0.2, 0.25) is 0 Å². The highest BCUT2D eigenvalue weighted by Gasteiger charge is 2.20. The molecule has 36 heavy (non-hydrogen) atoms. The Morgan fingerprint density at radius 1 is 1.06 bits per heavy atom. The first-order chi connectivity index (χ1) is 17.3. The fourth-order valence-electron chi connectivity index (χ4n) is 3.73. The lowest BCUT2D eigenvalue weighted by molar-refractivity contribution is 0.412. The summed E-state index contributed by atoms with van der Waals surface area (Å²) in [7, 11) is -2.69. The van der Waals surface area contributed by atoms with E-state index in [1.165, 1.54) is 61.9 Å². The molecule has 0 spiro atoms. The summed E-state index contributed by atoms with van der Waals surface area (Å²) in [6.45, 7) is 0. The number of anilines is 1. The SMILES string of the molecule is COc1cc(-c2cccc(F)c2)c(F)cc1-n1c(=O)cnc2cc(S(=O)(=O)Nc3ccon3)ccc21. The number of hydrogen-bond donors (Lipinski definition) is 1. The summed E-state index contributed by atoms with van der Waals surface area (Å²) in [4.78, 5) is 16.7. The molecule has 9 nitrogen and oxygen atoms in total. The monoisotopic (exact) mass is 510 g/mol. The summed E-state index contributed by atoms with van der Waals surface area (Å²) in [5.74, 6) is -1.12. The van der Waals surface area contributed by atoms with Gasteiger partial charge in [-0.3, -0.25) is 14.1 Å². The van der Waals surface area contributed by atoms with E-state index in [0.717, 1.165) is 16.8 Å². The molecule has 0 radical (unpaired) electrons. The van der Waals surface area contributed by atoms with E-state index >= 15 is 4.39 Å². The van der Waals surface area contributed by atoms with Gasteiger partial charge in [0.1, 0.15) is 23.6 Å². The zero-order valence-corrected chi connectivity index (χ0v) is 19.3. The molecular weight excluding hydrogens is 494 g/mol. The number of methoxy groups -OCH3 is 1. The molecule has 0 atom stereocenters. The minimum absolute atomic E-state index is 0.00775. The van der Waals surface area contributed by atoms with Crippen molar-refractivity contribution in [3.05, 3.63) is 95.1 Å². The second-order valence-corrected chi connectivity index (χ2v) is 9.27. The Bertz CT molecular complexity index is 1770. The lowest BCUT2D eigenvalue weighted by atomic mass is 10.0. The Morgan fingerprint density at radius 3 is 2.61 bits per heavy atom. The Hall–Kier alpha value is -4.58. The number of aromatic nitrogens is 3. The van der Waals surface area contributed by atoms with Crippen LogP contribution in [-0.4, -0.2) is 30.2 Å². The molecule has 0 unspecified atom stereocenters. The molecule has 0 aliphatic heterocycles. The Balaban J connectivity index is 1.65. The molecule has 0 amide bonds. The smallest absolute Gasteiger partial charge is 0.274 e. The molecule has 0 fully saturated rings. The van der Waals surface area contributed by atoms with Gasteiger partial charge in [0.05, 0.1) is 34.9 Å². The average molecular weight is 510 g/mol. The van der Waals surface area contributed by atoms with Gasteiger partial charge in [0, 0.05) is 17.7 Å². The van der Waals surface area contributed by atoms with Gasteiger partial charge in [-0.05, 0) is 42.0 Å². The van der Waals surface area contributed by atoms with Gasteiger partial charge >= 0.3 is 0 Å². The topological polar surface area (TPSA) is 116 Å². The molecule has 0 bridgehead atoms. The van der Waals surface area contributed by atoms with E-state index in [-0.39, 0.29) is 38.7 Å². The van der Waals surface area contributed by atoms with Crippen LogP contribution in [0.4, 0.5) is 14.6 Å². The van der Waals surface area contributed by atoms with Gasteiger partial charge in [0.15, 0.2) is 5.82 Å². The van der Waals surface area contributed by atoms with Crippen LogP contribution in [0.5, 0.6) is 5.75 Å². The molecule has 1 N–H and O–H groups in total. The van der Waals surface area contributed by atoms with Gasteiger partial charge in [-0.1, -0.05) is 17.3 Å². The highest BCUT2D eigenvalue weighted by Crippen LogP contribution is 2.33. The van der Waals surface area contributed by atoms with Crippen LogP contribution >= 0.6 is 0 Å². The molecule has 5 rings (SSSR count). The van der Waals surface area contributed by atoms with Crippen LogP contribution < -0.4 is 15.0 Å². The largest absolute Gasteiger partial charge is 0.495 e. The molecule has 182 valence electrons. The molecule has 5 aromatic rings. The van der Waals surface area contributed by atoms with Crippen molar-refractivity contribution in [3.63, 3.8) is 0 Å². The number of nitrogens with one attached hydrogen (secondary N) is 1. The summed E-state index contributed by atoms with van der Waals surface area (Å²) in [6.07, 6.45) is 2.20. The van der Waals surface area contributed by atoms with Crippen molar-refractivity contribution in [3.8, 4) is 22.6 Å². The van der Waals surface area contributed by atoms with Crippen molar-refractivity contribution in [2.75, 3.05) is 11.8 Å². The van der Waals surface area contributed by atoms with E-state index in [2.05, 4.69) is 19.4 Å². The number of sulfonamides is 1. The quantitative estimate of drug-likeness (QED) is 0.365. The minimum atomic E-state index is -4.04. The molecule has 0 aliphatic rings. The molecule has 0 aliphatic carbocycles. The summed E-state index contributed by atoms with van der Waals surface area (Å²) in [5, 5.41) is 3.52. The van der Waals surface area contributed by atoms with Crippen LogP contribution in [0.1, 0.15) is 0 Å². The van der Waals surface area contributed by atoms with E-state index in [1.54, 1.807) is 6.07 Å². The molecule has 3 aromatic carbocycles. The maximum absolute atomic E-state index is 15.2. The van der Waals surface area contributed by atoms with E-state index in [4.69, 9.17) is 4.74 Å². The Morgan fingerprint density at radius 2 is 1.89 bits per heavy atom. The molecular formula is C24H16F2N4O5S. The predicted octanol–water partition coefficient (Wildman–Crippen LogP) is 4.13. The number of ether oxygens (including phenoxy) is 1. The lowest BCUT2D eigenvalue weighted by Gasteiger charge is -2.16. The van der Waals surface area contributed by atoms with Gasteiger partial charge in [-0.15, -0.1) is 0 Å². The third kappa shape index (κ3) is 4.18. The van der Waals surface area contributed by atoms with Crippen LogP contribution in [0.25, 0.3) is 27.8 Å². The Labute approximate surface area is 202 Å². The van der Waals surface area contributed by atoms with E-state index in [1.807, 2.05) is 0 Å². The Kier molecular flexibility index (Phi) is 5.72. The zero-order valence-electron chi connectivity index (χ0n) is 18.5. The van der Waals surface area contributed by atoms with Crippen LogP contribution in [0.2, 0.25) is 0 Å². The van der Waals surface area contributed by atoms with Crippen LogP contribution in [0.3, 0.4) is 0 Å². The lowest BCUT2D eigenvalue weighted by Crippen LogP contribution is -2.20. The highest BCUT2D eigenvalue weighted by atomic mass is 32.2. The molecule has 2 heterocycles. The zero-order chi connectivity index (χ0) is 25.4. The van der Waals surface area contributed by atoms with E-state index < -0.39 is 27.2 Å². The van der Waals surface area contributed by atoms with Gasteiger partial charge < -0.3 is 9.26 Å². The number of nitrogens with zero attached hydrogens (tertiary/aromatic N) is 3. The van der Waals surface area contributed by atoms with Gasteiger partial charge in [0.25, 0.3) is 15.6 Å². The predicted molar refractivity (Wildman–Crippen MR) is 127 cm³/mol. The van der Waals surface area contributed by atoms with E-state index in [0.29, 0.717) is 5.56 Å². The maximum atomic E-state index is 15.2. The van der Waals surface area contributed by atoms with Crippen molar-refractivity contribution in [1.82, 2.24) is 14.7 Å². The summed E-state index contributed by atoms with van der Waals surface area (Å²) < 4.78 is 67.8.